The van der Waals surface area contributed by atoms with Gasteiger partial charge in [0.15, 0.2) is 0 Å². The zero-order chi connectivity index (χ0) is 14.4. The Bertz CT molecular complexity index is 544. The summed E-state index contributed by atoms with van der Waals surface area (Å²) in [7, 11) is 0. The van der Waals surface area contributed by atoms with Gasteiger partial charge in [-0.1, -0.05) is 13.8 Å². The van der Waals surface area contributed by atoms with Crippen LogP contribution in [0.25, 0.3) is 0 Å². The minimum Gasteiger partial charge on any atom is -0.492 e. The van der Waals surface area contributed by atoms with Crippen LogP contribution in [0.1, 0.15) is 36.8 Å². The Labute approximate surface area is 132 Å². The molecule has 1 atom stereocenters. The first kappa shape index (κ1) is 15.5. The zero-order valence-corrected chi connectivity index (χ0v) is 14.1. The molecule has 0 aliphatic rings. The van der Waals surface area contributed by atoms with E-state index in [1.807, 2.05) is 6.20 Å². The largest absolute Gasteiger partial charge is 0.492 e. The fraction of sp³-hybridized carbons (Fsp3) is 0.400. The van der Waals surface area contributed by atoms with Crippen LogP contribution in [0.4, 0.5) is 0 Å². The van der Waals surface area contributed by atoms with Crippen LogP contribution in [0.3, 0.4) is 0 Å². The van der Waals surface area contributed by atoms with E-state index in [0.717, 1.165) is 35.4 Å². The van der Waals surface area contributed by atoms with E-state index in [2.05, 4.69) is 57.6 Å². The molecule has 0 aromatic carbocycles. The standard InChI is InChI=1S/C15H19BrN2OS/c1-3-6-19-12-8-11(9-17-10-12)14(18-4-2)15-13(16)5-7-20-15/h5,7-10,14,18H,3-4,6H2,1-2H3. The fourth-order valence-electron chi connectivity index (χ4n) is 1.97. The molecule has 0 saturated heterocycles. The zero-order valence-electron chi connectivity index (χ0n) is 11.7. The lowest BCUT2D eigenvalue weighted by Crippen LogP contribution is -2.21. The van der Waals surface area contributed by atoms with Gasteiger partial charge < -0.3 is 10.1 Å². The third-order valence-electron chi connectivity index (χ3n) is 2.86. The molecule has 0 radical (unpaired) electrons. The summed E-state index contributed by atoms with van der Waals surface area (Å²) in [5.74, 6) is 0.833. The molecule has 0 aliphatic heterocycles. The first-order chi connectivity index (χ1) is 9.76. The Kier molecular flexibility index (Phi) is 6.01. The summed E-state index contributed by atoms with van der Waals surface area (Å²) in [6.07, 6.45) is 4.67. The number of pyridine rings is 1. The molecule has 2 aromatic rings. The highest BCUT2D eigenvalue weighted by atomic mass is 79.9. The van der Waals surface area contributed by atoms with Crippen LogP contribution in [-0.4, -0.2) is 18.1 Å². The Balaban J connectivity index is 2.27. The summed E-state index contributed by atoms with van der Waals surface area (Å²) in [5.41, 5.74) is 1.13. The van der Waals surface area contributed by atoms with E-state index < -0.39 is 0 Å². The number of halogens is 1. The van der Waals surface area contributed by atoms with Gasteiger partial charge in [-0.05, 0) is 52.0 Å². The smallest absolute Gasteiger partial charge is 0.137 e. The average Bonchev–Trinajstić information content (AvgIpc) is 2.89. The number of nitrogens with zero attached hydrogens (tertiary/aromatic N) is 1. The Morgan fingerprint density at radius 3 is 2.90 bits per heavy atom. The summed E-state index contributed by atoms with van der Waals surface area (Å²) in [6, 6.07) is 4.30. The van der Waals surface area contributed by atoms with E-state index >= 15 is 0 Å². The minimum absolute atomic E-state index is 0.145. The number of hydrogen-bond donors (Lipinski definition) is 1. The molecule has 1 N–H and O–H groups in total. The number of thiophene rings is 1. The Morgan fingerprint density at radius 2 is 2.25 bits per heavy atom. The molecular formula is C15H19BrN2OS. The SMILES string of the molecule is CCCOc1cncc(C(NCC)c2sccc2Br)c1. The molecule has 0 aliphatic carbocycles. The third kappa shape index (κ3) is 3.81. The molecule has 3 nitrogen and oxygen atoms in total. The van der Waals surface area contributed by atoms with Crippen molar-refractivity contribution >= 4 is 27.3 Å². The van der Waals surface area contributed by atoms with Crippen LogP contribution < -0.4 is 10.1 Å². The highest BCUT2D eigenvalue weighted by Crippen LogP contribution is 2.33. The van der Waals surface area contributed by atoms with Gasteiger partial charge in [0.05, 0.1) is 18.8 Å². The van der Waals surface area contributed by atoms with Crippen LogP contribution in [0, 0.1) is 0 Å². The minimum atomic E-state index is 0.145. The first-order valence-corrected chi connectivity index (χ1v) is 8.47. The average molecular weight is 355 g/mol. The lowest BCUT2D eigenvalue weighted by atomic mass is 10.1. The molecule has 108 valence electrons. The van der Waals surface area contributed by atoms with Gasteiger partial charge >= 0.3 is 0 Å². The fourth-order valence-corrected chi connectivity index (χ4v) is 3.67. The predicted molar refractivity (Wildman–Crippen MR) is 87.6 cm³/mol. The summed E-state index contributed by atoms with van der Waals surface area (Å²) >= 11 is 5.35. The predicted octanol–water partition coefficient (Wildman–Crippen LogP) is 4.39. The first-order valence-electron chi connectivity index (χ1n) is 6.80. The van der Waals surface area contributed by atoms with Crippen molar-refractivity contribution in [1.82, 2.24) is 10.3 Å². The summed E-state index contributed by atoms with van der Waals surface area (Å²) in [6.45, 7) is 5.83. The third-order valence-corrected chi connectivity index (χ3v) is 4.79. The van der Waals surface area contributed by atoms with Crippen molar-refractivity contribution in [3.05, 3.63) is 44.8 Å². The lowest BCUT2D eigenvalue weighted by Gasteiger charge is -2.18. The molecule has 2 rings (SSSR count). The second-order valence-corrected chi connectivity index (χ2v) is 6.23. The quantitative estimate of drug-likeness (QED) is 0.800. The van der Waals surface area contributed by atoms with Crippen molar-refractivity contribution in [2.24, 2.45) is 0 Å². The molecule has 0 spiro atoms. The van der Waals surface area contributed by atoms with E-state index in [0.29, 0.717) is 0 Å². The topological polar surface area (TPSA) is 34.1 Å². The normalized spacial score (nSPS) is 12.3. The van der Waals surface area contributed by atoms with E-state index in [-0.39, 0.29) is 6.04 Å². The van der Waals surface area contributed by atoms with Crippen molar-refractivity contribution in [3.8, 4) is 5.75 Å². The van der Waals surface area contributed by atoms with Crippen molar-refractivity contribution in [2.75, 3.05) is 13.2 Å². The van der Waals surface area contributed by atoms with Crippen molar-refractivity contribution in [1.29, 1.82) is 0 Å². The molecular weight excluding hydrogens is 336 g/mol. The highest BCUT2D eigenvalue weighted by Gasteiger charge is 2.18. The van der Waals surface area contributed by atoms with Gasteiger partial charge in [-0.15, -0.1) is 11.3 Å². The molecule has 0 saturated carbocycles. The van der Waals surface area contributed by atoms with Gasteiger partial charge in [-0.3, -0.25) is 4.98 Å². The van der Waals surface area contributed by atoms with Crippen LogP contribution in [-0.2, 0) is 0 Å². The molecule has 0 fully saturated rings. The van der Waals surface area contributed by atoms with Gasteiger partial charge in [0.25, 0.3) is 0 Å². The van der Waals surface area contributed by atoms with Gasteiger partial charge in [-0.25, -0.2) is 0 Å². The number of ether oxygens (including phenoxy) is 1. The van der Waals surface area contributed by atoms with Crippen molar-refractivity contribution in [3.63, 3.8) is 0 Å². The van der Waals surface area contributed by atoms with Crippen LogP contribution in [0.5, 0.6) is 5.75 Å². The van der Waals surface area contributed by atoms with E-state index in [4.69, 9.17) is 4.74 Å². The summed E-state index contributed by atoms with van der Waals surface area (Å²) in [4.78, 5) is 5.57. The molecule has 5 heteroatoms. The summed E-state index contributed by atoms with van der Waals surface area (Å²) in [5, 5.41) is 5.60. The molecule has 2 heterocycles. The maximum Gasteiger partial charge on any atom is 0.137 e. The number of nitrogens with one attached hydrogen (secondary N) is 1. The summed E-state index contributed by atoms with van der Waals surface area (Å²) < 4.78 is 6.81. The molecule has 0 amide bonds. The second-order valence-electron chi connectivity index (χ2n) is 4.43. The molecule has 20 heavy (non-hydrogen) atoms. The van der Waals surface area contributed by atoms with Gasteiger partial charge in [0.2, 0.25) is 0 Å². The number of hydrogen-bond acceptors (Lipinski definition) is 4. The maximum atomic E-state index is 5.67. The monoisotopic (exact) mass is 354 g/mol. The van der Waals surface area contributed by atoms with Crippen LogP contribution in [0.2, 0.25) is 0 Å². The van der Waals surface area contributed by atoms with E-state index in [1.54, 1.807) is 17.5 Å². The van der Waals surface area contributed by atoms with Gasteiger partial charge in [-0.2, -0.15) is 0 Å². The Morgan fingerprint density at radius 1 is 1.40 bits per heavy atom. The Hall–Kier alpha value is -0.910. The molecule has 1 unspecified atom stereocenters. The number of aromatic nitrogens is 1. The number of rotatable bonds is 7. The van der Waals surface area contributed by atoms with Crippen LogP contribution in [0.15, 0.2) is 34.4 Å². The molecule has 0 bridgehead atoms. The van der Waals surface area contributed by atoms with Crippen molar-refractivity contribution < 1.29 is 4.74 Å². The van der Waals surface area contributed by atoms with E-state index in [1.165, 1.54) is 4.88 Å². The van der Waals surface area contributed by atoms with Gasteiger partial charge in [0.1, 0.15) is 5.75 Å². The van der Waals surface area contributed by atoms with E-state index in [9.17, 15) is 0 Å². The lowest BCUT2D eigenvalue weighted by molar-refractivity contribution is 0.315. The molecule has 2 aromatic heterocycles. The second kappa shape index (κ2) is 7.76. The van der Waals surface area contributed by atoms with Gasteiger partial charge in [0, 0.05) is 15.5 Å². The van der Waals surface area contributed by atoms with Crippen molar-refractivity contribution in [2.45, 2.75) is 26.3 Å². The van der Waals surface area contributed by atoms with Crippen LogP contribution >= 0.6 is 27.3 Å². The maximum absolute atomic E-state index is 5.67. The highest BCUT2D eigenvalue weighted by molar-refractivity contribution is 9.10.